The molecule has 9 heavy (non-hydrogen) atoms. The third-order valence-electron chi connectivity index (χ3n) is 1.14. The molecule has 1 aliphatic heterocycles. The Hall–Kier alpha value is -0.200. The summed E-state index contributed by atoms with van der Waals surface area (Å²) in [6.07, 6.45) is -0.685. The van der Waals surface area contributed by atoms with Gasteiger partial charge in [-0.2, -0.15) is 12.7 Å². The van der Waals surface area contributed by atoms with E-state index >= 15 is 0 Å². The van der Waals surface area contributed by atoms with Crippen molar-refractivity contribution >= 4 is 10.4 Å². The van der Waals surface area contributed by atoms with E-state index in [9.17, 15) is 12.3 Å². The van der Waals surface area contributed by atoms with Crippen LogP contribution in [0.5, 0.6) is 0 Å². The molecule has 0 aliphatic carbocycles. The predicted molar refractivity (Wildman–Crippen MR) is 27.6 cm³/mol. The lowest BCUT2D eigenvalue weighted by atomic mass is 10.2. The van der Waals surface area contributed by atoms with E-state index in [1.165, 1.54) is 0 Å². The molecule has 1 fully saturated rings. The van der Waals surface area contributed by atoms with Crippen molar-refractivity contribution in [3.8, 4) is 0 Å². The van der Waals surface area contributed by atoms with Gasteiger partial charge in [0.1, 0.15) is 0 Å². The van der Waals surface area contributed by atoms with Crippen molar-refractivity contribution in [1.29, 1.82) is 0 Å². The summed E-state index contributed by atoms with van der Waals surface area (Å²) in [6.45, 7) is -0.225. The molecule has 54 valence electrons. The van der Waals surface area contributed by atoms with Gasteiger partial charge in [0.2, 0.25) is 0 Å². The smallest absolute Gasteiger partial charge is 0.374 e. The third-order valence-corrected chi connectivity index (χ3v) is 2.05. The Morgan fingerprint density at radius 2 is 2.00 bits per heavy atom. The second-order valence-corrected chi connectivity index (χ2v) is 3.25. The van der Waals surface area contributed by atoms with Gasteiger partial charge in [-0.15, -0.1) is 0 Å². The molecule has 1 aliphatic rings. The highest BCUT2D eigenvalue weighted by Crippen LogP contribution is 2.13. The predicted octanol–water partition coefficient (Wildman–Crippen LogP) is -1.12. The maximum absolute atomic E-state index is 11.8. The van der Waals surface area contributed by atoms with Crippen LogP contribution in [0.1, 0.15) is 0 Å². The van der Waals surface area contributed by atoms with Crippen LogP contribution in [0.25, 0.3) is 0 Å². The molecule has 0 radical (unpaired) electrons. The molecule has 1 rings (SSSR count). The first-order valence-corrected chi connectivity index (χ1v) is 3.72. The van der Waals surface area contributed by atoms with Gasteiger partial charge in [0.25, 0.3) is 0 Å². The molecular weight excluding hydrogens is 149 g/mol. The average molecular weight is 155 g/mol. The fourth-order valence-electron chi connectivity index (χ4n) is 0.595. The maximum atomic E-state index is 11.8. The first-order chi connectivity index (χ1) is 4.00. The molecular formula is C3H6FNO3S. The summed E-state index contributed by atoms with van der Waals surface area (Å²) < 4.78 is 32.2. The summed E-state index contributed by atoms with van der Waals surface area (Å²) in [6, 6.07) is 0. The van der Waals surface area contributed by atoms with Crippen molar-refractivity contribution in [2.75, 3.05) is 13.1 Å². The van der Waals surface area contributed by atoms with Crippen LogP contribution in [-0.4, -0.2) is 37.0 Å². The van der Waals surface area contributed by atoms with E-state index in [1.54, 1.807) is 0 Å². The summed E-state index contributed by atoms with van der Waals surface area (Å²) in [5, 5.41) is 8.51. The summed E-state index contributed by atoms with van der Waals surface area (Å²) in [7, 11) is -4.53. The van der Waals surface area contributed by atoms with Gasteiger partial charge in [-0.3, -0.25) is 0 Å². The fourth-order valence-corrected chi connectivity index (χ4v) is 1.29. The van der Waals surface area contributed by atoms with Crippen LogP contribution < -0.4 is 0 Å². The van der Waals surface area contributed by atoms with E-state index in [0.29, 0.717) is 4.31 Å². The molecule has 0 unspecified atom stereocenters. The minimum Gasteiger partial charge on any atom is -0.390 e. The number of nitrogens with zero attached hydrogens (tertiary/aromatic N) is 1. The van der Waals surface area contributed by atoms with E-state index in [1.807, 2.05) is 0 Å². The van der Waals surface area contributed by atoms with Crippen molar-refractivity contribution < 1.29 is 17.4 Å². The van der Waals surface area contributed by atoms with Crippen LogP contribution in [0.15, 0.2) is 0 Å². The Balaban J connectivity index is 2.51. The first-order valence-electron chi connectivity index (χ1n) is 2.38. The van der Waals surface area contributed by atoms with Gasteiger partial charge in [-0.1, -0.05) is 3.89 Å². The van der Waals surface area contributed by atoms with Gasteiger partial charge in [0, 0.05) is 13.1 Å². The lowest BCUT2D eigenvalue weighted by Gasteiger charge is -2.30. The second-order valence-electron chi connectivity index (χ2n) is 1.91. The van der Waals surface area contributed by atoms with Crippen LogP contribution in [0.4, 0.5) is 3.89 Å². The van der Waals surface area contributed by atoms with Gasteiger partial charge in [-0.05, 0) is 0 Å². The summed E-state index contributed by atoms with van der Waals surface area (Å²) in [5.74, 6) is 0. The highest BCUT2D eigenvalue weighted by atomic mass is 32.3. The number of rotatable bonds is 1. The van der Waals surface area contributed by atoms with Crippen LogP contribution in [0.3, 0.4) is 0 Å². The van der Waals surface area contributed by atoms with Gasteiger partial charge >= 0.3 is 10.4 Å². The molecule has 1 saturated heterocycles. The normalized spacial score (nSPS) is 23.8. The van der Waals surface area contributed by atoms with Crippen molar-refractivity contribution in [3.05, 3.63) is 0 Å². The zero-order chi connectivity index (χ0) is 7.07. The average Bonchev–Trinajstić information content (AvgIpc) is 1.55. The molecule has 0 spiro atoms. The fraction of sp³-hybridized carbons (Fsp3) is 1.00. The Kier molecular flexibility index (Phi) is 1.45. The van der Waals surface area contributed by atoms with E-state index in [4.69, 9.17) is 5.11 Å². The number of halogens is 1. The van der Waals surface area contributed by atoms with Crippen LogP contribution >= 0.6 is 0 Å². The Morgan fingerprint density at radius 3 is 2.11 bits per heavy atom. The topological polar surface area (TPSA) is 57.6 Å². The van der Waals surface area contributed by atoms with E-state index in [2.05, 4.69) is 0 Å². The number of β-amino-alcohol motifs (C(OH)–C–C–N with tert-alkyl or cyclic N) is 1. The number of hydrogen-bond acceptors (Lipinski definition) is 3. The first kappa shape index (κ1) is 6.91. The zero-order valence-electron chi connectivity index (χ0n) is 4.49. The molecule has 0 aromatic heterocycles. The largest absolute Gasteiger partial charge is 0.390 e. The molecule has 6 heteroatoms. The Morgan fingerprint density at radius 1 is 1.56 bits per heavy atom. The quantitative estimate of drug-likeness (QED) is 0.488. The number of aliphatic hydroxyl groups excluding tert-OH is 1. The minimum atomic E-state index is -4.53. The summed E-state index contributed by atoms with van der Waals surface area (Å²) >= 11 is 0. The zero-order valence-corrected chi connectivity index (χ0v) is 5.31. The summed E-state index contributed by atoms with van der Waals surface area (Å²) in [4.78, 5) is 0. The van der Waals surface area contributed by atoms with E-state index < -0.39 is 16.5 Å². The molecule has 1 heterocycles. The maximum Gasteiger partial charge on any atom is 0.374 e. The van der Waals surface area contributed by atoms with Gasteiger partial charge in [-0.25, -0.2) is 0 Å². The molecule has 0 aromatic rings. The van der Waals surface area contributed by atoms with Gasteiger partial charge in [0.05, 0.1) is 6.10 Å². The number of aliphatic hydroxyl groups is 1. The third kappa shape index (κ3) is 1.38. The van der Waals surface area contributed by atoms with Crippen molar-refractivity contribution in [2.45, 2.75) is 6.10 Å². The lowest BCUT2D eigenvalue weighted by Crippen LogP contribution is -2.51. The van der Waals surface area contributed by atoms with Crippen LogP contribution in [0, 0.1) is 0 Å². The van der Waals surface area contributed by atoms with Gasteiger partial charge < -0.3 is 5.11 Å². The van der Waals surface area contributed by atoms with E-state index in [0.717, 1.165) is 0 Å². The molecule has 0 atom stereocenters. The molecule has 4 nitrogen and oxygen atoms in total. The van der Waals surface area contributed by atoms with Gasteiger partial charge in [0.15, 0.2) is 0 Å². The summed E-state index contributed by atoms with van der Waals surface area (Å²) in [5.41, 5.74) is 0. The molecule has 0 amide bonds. The van der Waals surface area contributed by atoms with Crippen LogP contribution in [-0.2, 0) is 10.4 Å². The van der Waals surface area contributed by atoms with Crippen molar-refractivity contribution in [2.24, 2.45) is 0 Å². The van der Waals surface area contributed by atoms with Crippen LogP contribution in [0.2, 0.25) is 0 Å². The van der Waals surface area contributed by atoms with Crippen molar-refractivity contribution in [1.82, 2.24) is 4.31 Å². The standard InChI is InChI=1S/C3H6FNO3S/c4-9(7,8)5-1-3(6)2-5/h3,6H,1-2H2. The Labute approximate surface area is 52.2 Å². The second kappa shape index (κ2) is 1.89. The molecule has 0 bridgehead atoms. The lowest BCUT2D eigenvalue weighted by molar-refractivity contribution is 0.0517. The molecule has 0 aromatic carbocycles. The van der Waals surface area contributed by atoms with Crippen molar-refractivity contribution in [3.63, 3.8) is 0 Å². The SMILES string of the molecule is O=S(=O)(F)N1CC(O)C1. The van der Waals surface area contributed by atoms with E-state index in [-0.39, 0.29) is 13.1 Å². The monoisotopic (exact) mass is 155 g/mol. The highest BCUT2D eigenvalue weighted by Gasteiger charge is 2.34. The molecule has 0 saturated carbocycles. The minimum absolute atomic E-state index is 0.112. The Bertz CT molecular complexity index is 195. The highest BCUT2D eigenvalue weighted by molar-refractivity contribution is 7.84. The molecule has 1 N–H and O–H groups in total. The number of hydrogen-bond donors (Lipinski definition) is 1.